The smallest absolute Gasteiger partial charge is 0.186 e. The van der Waals surface area contributed by atoms with Gasteiger partial charge >= 0.3 is 0 Å². The van der Waals surface area contributed by atoms with Crippen LogP contribution >= 0.6 is 0 Å². The molecule has 0 saturated carbocycles. The summed E-state index contributed by atoms with van der Waals surface area (Å²) in [7, 11) is 0. The van der Waals surface area contributed by atoms with Gasteiger partial charge in [-0.1, -0.05) is 36.4 Å². The van der Waals surface area contributed by atoms with Crippen LogP contribution in [-0.4, -0.2) is 49.8 Å². The molecule has 28 heavy (non-hydrogen) atoms. The van der Waals surface area contributed by atoms with Gasteiger partial charge in [-0.05, 0) is 55.6 Å². The first-order chi connectivity index (χ1) is 13.5. The summed E-state index contributed by atoms with van der Waals surface area (Å²) in [6.45, 7) is 1.61. The molecule has 0 amide bonds. The van der Waals surface area contributed by atoms with E-state index in [1.165, 1.54) is 23.3 Å². The van der Waals surface area contributed by atoms with Gasteiger partial charge in [-0.3, -0.25) is 9.69 Å². The summed E-state index contributed by atoms with van der Waals surface area (Å²) in [5.41, 5.74) is 3.15. The summed E-state index contributed by atoms with van der Waals surface area (Å²) in [4.78, 5) is 15.4. The topological polar surface area (TPSA) is 77.8 Å². The zero-order valence-corrected chi connectivity index (χ0v) is 16.5. The van der Waals surface area contributed by atoms with E-state index in [9.17, 15) is 14.1 Å². The fourth-order valence-corrected chi connectivity index (χ4v) is 4.88. The van der Waals surface area contributed by atoms with Crippen molar-refractivity contribution in [3.05, 3.63) is 65.2 Å². The number of likely N-dealkylation sites (tertiary alicyclic amines) is 1. The fraction of sp³-hybridized carbons (Fsp3) is 0.409. The number of Topliss-reactive ketones (excluding diaryl/α,β-unsaturated/α-hetero) is 1. The Hall–Kier alpha value is -1.86. The van der Waals surface area contributed by atoms with Gasteiger partial charge < -0.3 is 9.66 Å². The molecular formula is C22H25NO4S. The first-order valence-electron chi connectivity index (χ1n) is 9.77. The monoisotopic (exact) mass is 399 g/mol. The number of nitrogens with zero attached hydrogens (tertiary/aromatic N) is 1. The van der Waals surface area contributed by atoms with Crippen molar-refractivity contribution in [2.45, 2.75) is 42.7 Å². The number of aliphatic hydroxyl groups excluding tert-OH is 1. The summed E-state index contributed by atoms with van der Waals surface area (Å²) in [5, 5.41) is 10.6. The molecule has 1 aliphatic carbocycles. The first kappa shape index (κ1) is 19.5. The van der Waals surface area contributed by atoms with Crippen LogP contribution in [0, 0.1) is 5.92 Å². The van der Waals surface area contributed by atoms with Crippen molar-refractivity contribution < 1.29 is 18.7 Å². The highest BCUT2D eigenvalue weighted by Gasteiger charge is 2.35. The lowest BCUT2D eigenvalue weighted by molar-refractivity contribution is 0.0239. The molecule has 1 aliphatic heterocycles. The van der Waals surface area contributed by atoms with Crippen LogP contribution in [0.15, 0.2) is 53.4 Å². The number of hydrogen-bond donors (Lipinski definition) is 2. The second kappa shape index (κ2) is 8.25. The molecular weight excluding hydrogens is 374 g/mol. The second-order valence-electron chi connectivity index (χ2n) is 7.76. The zero-order valence-electron chi connectivity index (χ0n) is 15.7. The Morgan fingerprint density at radius 2 is 1.57 bits per heavy atom. The van der Waals surface area contributed by atoms with Crippen molar-refractivity contribution in [1.29, 1.82) is 0 Å². The molecule has 148 valence electrons. The molecule has 0 bridgehead atoms. The van der Waals surface area contributed by atoms with E-state index in [2.05, 4.69) is 23.1 Å². The molecule has 0 spiro atoms. The van der Waals surface area contributed by atoms with Crippen LogP contribution < -0.4 is 0 Å². The van der Waals surface area contributed by atoms with Crippen LogP contribution in [0.5, 0.6) is 0 Å². The summed E-state index contributed by atoms with van der Waals surface area (Å²) >= 11 is -2.02. The number of benzene rings is 2. The van der Waals surface area contributed by atoms with Crippen molar-refractivity contribution in [2.24, 2.45) is 5.92 Å². The minimum Gasteiger partial charge on any atom is -0.391 e. The number of hydrogen-bond acceptors (Lipinski definition) is 4. The van der Waals surface area contributed by atoms with Gasteiger partial charge in [0.15, 0.2) is 16.9 Å². The third-order valence-corrected chi connectivity index (χ3v) is 6.81. The lowest BCUT2D eigenvalue weighted by Crippen LogP contribution is -2.51. The highest BCUT2D eigenvalue weighted by Crippen LogP contribution is 2.29. The lowest BCUT2D eigenvalue weighted by atomic mass is 9.83. The predicted molar refractivity (Wildman–Crippen MR) is 108 cm³/mol. The largest absolute Gasteiger partial charge is 0.391 e. The van der Waals surface area contributed by atoms with Crippen LogP contribution in [0.25, 0.3) is 0 Å². The number of piperidine rings is 1. The van der Waals surface area contributed by atoms with Gasteiger partial charge in [0.25, 0.3) is 0 Å². The minimum atomic E-state index is -2.02. The Bertz CT molecular complexity index is 874. The van der Waals surface area contributed by atoms with Gasteiger partial charge in [0.05, 0.1) is 11.0 Å². The molecule has 0 aromatic heterocycles. The van der Waals surface area contributed by atoms with Gasteiger partial charge in [-0.2, -0.15) is 0 Å². The van der Waals surface area contributed by atoms with Crippen LogP contribution in [-0.2, 0) is 23.9 Å². The maximum absolute atomic E-state index is 12.8. The van der Waals surface area contributed by atoms with Gasteiger partial charge in [0.1, 0.15) is 0 Å². The summed E-state index contributed by atoms with van der Waals surface area (Å²) < 4.78 is 20.2. The number of ketones is 1. The molecule has 2 N–H and O–H groups in total. The van der Waals surface area contributed by atoms with Crippen LogP contribution in [0.1, 0.15) is 34.3 Å². The van der Waals surface area contributed by atoms with Crippen LogP contribution in [0.2, 0.25) is 0 Å². The van der Waals surface area contributed by atoms with Gasteiger partial charge in [0.2, 0.25) is 0 Å². The number of aliphatic hydroxyl groups is 1. The van der Waals surface area contributed by atoms with Crippen molar-refractivity contribution in [1.82, 2.24) is 4.90 Å². The SMILES string of the molecule is O=C(c1ccc(S(=O)O)cc1)C1CCN([C@@H]2Cc3ccccc3C[C@H]2O)CC1. The summed E-state index contributed by atoms with van der Waals surface area (Å²) in [6, 6.07) is 14.8. The standard InChI is InChI=1S/C22H25NO4S/c24-21-14-18-4-2-1-3-17(18)13-20(21)23-11-9-16(10-12-23)22(25)15-5-7-19(8-6-15)28(26)27/h1-8,16,20-21,24H,9-14H2,(H,26,27)/t20-,21-/m1/s1. The second-order valence-corrected chi connectivity index (χ2v) is 8.73. The predicted octanol–water partition coefficient (Wildman–Crippen LogP) is 2.69. The maximum Gasteiger partial charge on any atom is 0.186 e. The molecule has 6 heteroatoms. The molecule has 1 heterocycles. The van der Waals surface area contributed by atoms with Crippen molar-refractivity contribution in [3.63, 3.8) is 0 Å². The molecule has 1 fully saturated rings. The van der Waals surface area contributed by atoms with E-state index < -0.39 is 11.1 Å². The van der Waals surface area contributed by atoms with E-state index in [-0.39, 0.29) is 23.8 Å². The Labute approximate surface area is 167 Å². The Morgan fingerprint density at radius 1 is 0.964 bits per heavy atom. The molecule has 0 radical (unpaired) electrons. The molecule has 2 aliphatic rings. The molecule has 3 atom stereocenters. The first-order valence-corrected chi connectivity index (χ1v) is 10.9. The van der Waals surface area contributed by atoms with Crippen molar-refractivity contribution in [2.75, 3.05) is 13.1 Å². The third-order valence-electron chi connectivity index (χ3n) is 6.13. The van der Waals surface area contributed by atoms with E-state index in [0.29, 0.717) is 16.9 Å². The Balaban J connectivity index is 1.38. The number of rotatable bonds is 4. The van der Waals surface area contributed by atoms with E-state index in [1.54, 1.807) is 12.1 Å². The molecule has 2 aromatic carbocycles. The number of carbonyl (C=O) groups is 1. The Morgan fingerprint density at radius 3 is 2.18 bits per heavy atom. The van der Waals surface area contributed by atoms with E-state index in [0.717, 1.165) is 32.4 Å². The average Bonchev–Trinajstić information content (AvgIpc) is 2.73. The number of fused-ring (bicyclic) bond motifs is 1. The fourth-order valence-electron chi connectivity index (χ4n) is 4.52. The molecule has 1 saturated heterocycles. The van der Waals surface area contributed by atoms with Crippen LogP contribution in [0.3, 0.4) is 0 Å². The molecule has 4 rings (SSSR count). The van der Waals surface area contributed by atoms with Gasteiger partial charge in [-0.25, -0.2) is 4.21 Å². The van der Waals surface area contributed by atoms with Crippen molar-refractivity contribution >= 4 is 16.9 Å². The molecule has 1 unspecified atom stereocenters. The van der Waals surface area contributed by atoms with E-state index >= 15 is 0 Å². The third kappa shape index (κ3) is 3.96. The molecule has 5 nitrogen and oxygen atoms in total. The van der Waals surface area contributed by atoms with Crippen molar-refractivity contribution in [3.8, 4) is 0 Å². The van der Waals surface area contributed by atoms with E-state index in [4.69, 9.17) is 4.55 Å². The summed E-state index contributed by atoms with van der Waals surface area (Å²) in [5.74, 6) is 0.0687. The quantitative estimate of drug-likeness (QED) is 0.611. The average molecular weight is 400 g/mol. The highest BCUT2D eigenvalue weighted by atomic mass is 32.2. The zero-order chi connectivity index (χ0) is 19.7. The van der Waals surface area contributed by atoms with E-state index in [1.807, 2.05) is 6.07 Å². The number of carbonyl (C=O) groups excluding carboxylic acids is 1. The Kier molecular flexibility index (Phi) is 5.73. The van der Waals surface area contributed by atoms with Crippen LogP contribution in [0.4, 0.5) is 0 Å². The van der Waals surface area contributed by atoms with Gasteiger partial charge in [-0.15, -0.1) is 0 Å². The lowest BCUT2D eigenvalue weighted by Gasteiger charge is -2.41. The normalized spacial score (nSPS) is 24.5. The maximum atomic E-state index is 12.8. The minimum absolute atomic E-state index is 0.0326. The van der Waals surface area contributed by atoms with Gasteiger partial charge in [0, 0.05) is 23.9 Å². The molecule has 2 aromatic rings. The summed E-state index contributed by atoms with van der Waals surface area (Å²) in [6.07, 6.45) is 2.73. The highest BCUT2D eigenvalue weighted by molar-refractivity contribution is 7.79.